The second-order valence-electron chi connectivity index (χ2n) is 4.70. The monoisotopic (exact) mass is 313 g/mol. The fraction of sp³-hybridized carbons (Fsp3) is 0.667. The van der Waals surface area contributed by atoms with Crippen molar-refractivity contribution in [1.29, 1.82) is 0 Å². The minimum atomic E-state index is 0.510. The second kappa shape index (κ2) is 5.84. The largest absolute Gasteiger partial charge is 0.383 e. The van der Waals surface area contributed by atoms with E-state index in [0.29, 0.717) is 11.9 Å². The van der Waals surface area contributed by atoms with Gasteiger partial charge in [0.1, 0.15) is 10.4 Å². The summed E-state index contributed by atoms with van der Waals surface area (Å²) in [6, 6.07) is 2.37. The van der Waals surface area contributed by atoms with Crippen molar-refractivity contribution >= 4 is 27.7 Å². The van der Waals surface area contributed by atoms with Crippen LogP contribution < -0.4 is 10.6 Å². The normalized spacial score (nSPS) is 18.9. The quantitative estimate of drug-likeness (QED) is 0.861. The Hall–Kier alpha value is -0.880. The van der Waals surface area contributed by atoms with Crippen LogP contribution in [0.25, 0.3) is 0 Å². The summed E-state index contributed by atoms with van der Waals surface area (Å²) in [6.45, 7) is 8.55. The third kappa shape index (κ3) is 3.11. The van der Waals surface area contributed by atoms with Gasteiger partial charge in [-0.25, -0.2) is 4.98 Å². The van der Waals surface area contributed by atoms with Gasteiger partial charge < -0.3 is 10.6 Å². The average Bonchev–Trinajstić information content (AvgIpc) is 2.37. The molecule has 1 aromatic rings. The summed E-state index contributed by atoms with van der Waals surface area (Å²) in [5.74, 6) is 1.24. The zero-order valence-electron chi connectivity index (χ0n) is 10.9. The molecule has 2 rings (SSSR count). The van der Waals surface area contributed by atoms with Crippen molar-refractivity contribution in [3.63, 3.8) is 0 Å². The van der Waals surface area contributed by atoms with Gasteiger partial charge in [0.15, 0.2) is 0 Å². The molecule has 1 saturated heterocycles. The fourth-order valence-corrected chi connectivity index (χ4v) is 2.58. The minimum absolute atomic E-state index is 0.510. The van der Waals surface area contributed by atoms with Crippen LogP contribution in [0.4, 0.5) is 11.8 Å². The second-order valence-corrected chi connectivity index (χ2v) is 5.51. The number of anilines is 2. The van der Waals surface area contributed by atoms with Gasteiger partial charge >= 0.3 is 0 Å². The van der Waals surface area contributed by atoms with E-state index >= 15 is 0 Å². The number of nitrogens with zero attached hydrogens (tertiary/aromatic N) is 4. The zero-order valence-corrected chi connectivity index (χ0v) is 12.5. The van der Waals surface area contributed by atoms with Crippen molar-refractivity contribution in [1.82, 2.24) is 14.9 Å². The lowest BCUT2D eigenvalue weighted by molar-refractivity contribution is 0.192. The number of hydrogen-bond acceptors (Lipinski definition) is 5. The molecule has 0 bridgehead atoms. The molecule has 6 heteroatoms. The number of rotatable bonds is 3. The number of halogens is 1. The van der Waals surface area contributed by atoms with Crippen molar-refractivity contribution in [3.8, 4) is 0 Å². The molecule has 0 amide bonds. The molecular weight excluding hydrogens is 294 g/mol. The van der Waals surface area contributed by atoms with E-state index in [4.69, 9.17) is 5.73 Å². The highest BCUT2D eigenvalue weighted by molar-refractivity contribution is 9.10. The molecule has 1 aliphatic rings. The summed E-state index contributed by atoms with van der Waals surface area (Å²) in [4.78, 5) is 13.4. The van der Waals surface area contributed by atoms with E-state index in [1.165, 1.54) is 6.42 Å². The maximum atomic E-state index is 5.74. The van der Waals surface area contributed by atoms with Gasteiger partial charge in [-0.15, -0.1) is 0 Å². The predicted molar refractivity (Wildman–Crippen MR) is 77.7 cm³/mol. The number of piperazine rings is 1. The predicted octanol–water partition coefficient (Wildman–Crippen LogP) is 1.74. The van der Waals surface area contributed by atoms with E-state index in [2.05, 4.69) is 49.5 Å². The molecule has 18 heavy (non-hydrogen) atoms. The Morgan fingerprint density at radius 1 is 1.33 bits per heavy atom. The molecule has 0 aliphatic carbocycles. The van der Waals surface area contributed by atoms with Gasteiger partial charge in [-0.3, -0.25) is 4.90 Å². The topological polar surface area (TPSA) is 58.3 Å². The molecule has 1 unspecified atom stereocenters. The van der Waals surface area contributed by atoms with Crippen LogP contribution in [-0.4, -0.2) is 47.1 Å². The Morgan fingerprint density at radius 2 is 2.00 bits per heavy atom. The van der Waals surface area contributed by atoms with Crippen molar-refractivity contribution < 1.29 is 0 Å². The number of aromatic nitrogens is 2. The summed E-state index contributed by atoms with van der Waals surface area (Å²) >= 11 is 3.36. The van der Waals surface area contributed by atoms with Crippen LogP contribution in [-0.2, 0) is 0 Å². The van der Waals surface area contributed by atoms with Crippen LogP contribution in [0.3, 0.4) is 0 Å². The Balaban J connectivity index is 2.01. The van der Waals surface area contributed by atoms with Crippen molar-refractivity contribution in [3.05, 3.63) is 10.7 Å². The Bertz CT molecular complexity index is 383. The highest BCUT2D eigenvalue weighted by Crippen LogP contribution is 2.18. The molecule has 1 aliphatic heterocycles. The van der Waals surface area contributed by atoms with Crippen LogP contribution in [0.2, 0.25) is 0 Å². The van der Waals surface area contributed by atoms with Crippen molar-refractivity contribution in [2.75, 3.05) is 36.8 Å². The van der Waals surface area contributed by atoms with Crippen LogP contribution in [0.1, 0.15) is 20.3 Å². The first-order valence-electron chi connectivity index (χ1n) is 6.39. The maximum absolute atomic E-state index is 5.74. The van der Waals surface area contributed by atoms with E-state index in [0.717, 1.165) is 36.7 Å². The summed E-state index contributed by atoms with van der Waals surface area (Å²) < 4.78 is 0.745. The summed E-state index contributed by atoms with van der Waals surface area (Å²) in [6.07, 6.45) is 1.19. The van der Waals surface area contributed by atoms with E-state index in [1.807, 2.05) is 0 Å². The first-order valence-corrected chi connectivity index (χ1v) is 7.18. The minimum Gasteiger partial charge on any atom is -0.383 e. The highest BCUT2D eigenvalue weighted by atomic mass is 79.9. The molecule has 0 radical (unpaired) electrons. The zero-order chi connectivity index (χ0) is 13.1. The molecule has 2 heterocycles. The van der Waals surface area contributed by atoms with Gasteiger partial charge in [-0.2, -0.15) is 4.98 Å². The van der Waals surface area contributed by atoms with Crippen molar-refractivity contribution in [2.24, 2.45) is 0 Å². The SMILES string of the molecule is CCC(C)N1CCN(c2nc(N)cc(Br)n2)CC1. The van der Waals surface area contributed by atoms with E-state index in [-0.39, 0.29) is 0 Å². The third-order valence-electron chi connectivity index (χ3n) is 3.51. The van der Waals surface area contributed by atoms with Gasteiger partial charge in [0, 0.05) is 38.3 Å². The summed E-state index contributed by atoms with van der Waals surface area (Å²) in [5.41, 5.74) is 5.74. The summed E-state index contributed by atoms with van der Waals surface area (Å²) in [5, 5.41) is 0. The Morgan fingerprint density at radius 3 is 2.56 bits per heavy atom. The number of nitrogens with two attached hydrogens (primary N) is 1. The molecule has 5 nitrogen and oxygen atoms in total. The molecule has 1 fully saturated rings. The van der Waals surface area contributed by atoms with Gasteiger partial charge in [-0.05, 0) is 29.3 Å². The van der Waals surface area contributed by atoms with Gasteiger partial charge in [-0.1, -0.05) is 6.92 Å². The van der Waals surface area contributed by atoms with Gasteiger partial charge in [0.05, 0.1) is 0 Å². The van der Waals surface area contributed by atoms with Crippen LogP contribution in [0.5, 0.6) is 0 Å². The Labute approximate surface area is 117 Å². The smallest absolute Gasteiger partial charge is 0.228 e. The average molecular weight is 314 g/mol. The standard InChI is InChI=1S/C12H20BrN5/c1-3-9(2)17-4-6-18(7-5-17)12-15-10(13)8-11(14)16-12/h8-9H,3-7H2,1-2H3,(H2,14,15,16). The van der Waals surface area contributed by atoms with E-state index < -0.39 is 0 Å². The number of hydrogen-bond donors (Lipinski definition) is 1. The van der Waals surface area contributed by atoms with Crippen LogP contribution in [0.15, 0.2) is 10.7 Å². The lowest BCUT2D eigenvalue weighted by atomic mass is 10.2. The first kappa shape index (κ1) is 13.5. The first-order chi connectivity index (χ1) is 8.60. The van der Waals surface area contributed by atoms with Gasteiger partial charge in [0.2, 0.25) is 5.95 Å². The number of nitrogen functional groups attached to an aromatic ring is 1. The van der Waals surface area contributed by atoms with E-state index in [9.17, 15) is 0 Å². The molecule has 1 aromatic heterocycles. The van der Waals surface area contributed by atoms with Gasteiger partial charge in [0.25, 0.3) is 0 Å². The molecule has 0 saturated carbocycles. The molecule has 0 spiro atoms. The molecule has 1 atom stereocenters. The highest BCUT2D eigenvalue weighted by Gasteiger charge is 2.21. The third-order valence-corrected chi connectivity index (χ3v) is 3.92. The summed E-state index contributed by atoms with van der Waals surface area (Å²) in [7, 11) is 0. The van der Waals surface area contributed by atoms with Crippen LogP contribution >= 0.6 is 15.9 Å². The van der Waals surface area contributed by atoms with Crippen LogP contribution in [0, 0.1) is 0 Å². The molecular formula is C12H20BrN5. The maximum Gasteiger partial charge on any atom is 0.228 e. The fourth-order valence-electron chi connectivity index (χ4n) is 2.18. The molecule has 0 aromatic carbocycles. The van der Waals surface area contributed by atoms with Crippen molar-refractivity contribution in [2.45, 2.75) is 26.3 Å². The lowest BCUT2D eigenvalue weighted by Gasteiger charge is -2.37. The molecule has 2 N–H and O–H groups in total. The Kier molecular flexibility index (Phi) is 4.40. The molecule has 100 valence electrons. The lowest BCUT2D eigenvalue weighted by Crippen LogP contribution is -2.50. The van der Waals surface area contributed by atoms with E-state index in [1.54, 1.807) is 6.07 Å².